The van der Waals surface area contributed by atoms with E-state index in [4.69, 9.17) is 9.94 Å². The summed E-state index contributed by atoms with van der Waals surface area (Å²) >= 11 is 0. The summed E-state index contributed by atoms with van der Waals surface area (Å²) in [4.78, 5) is 23.7. The molecule has 30 heavy (non-hydrogen) atoms. The topological polar surface area (TPSA) is 87.7 Å². The Hall–Kier alpha value is -3.64. The fraction of sp³-hybridized carbons (Fsp3) is 0.167. The molecular formula is C24H24N2O4. The number of hydroxylamine groups is 1. The van der Waals surface area contributed by atoms with Gasteiger partial charge in [0.25, 0.3) is 5.91 Å². The summed E-state index contributed by atoms with van der Waals surface area (Å²) in [6.45, 7) is 0.569. The highest BCUT2D eigenvalue weighted by molar-refractivity contribution is 5.93. The monoisotopic (exact) mass is 404 g/mol. The molecule has 6 heteroatoms. The number of ether oxygens (including phenoxy) is 1. The van der Waals surface area contributed by atoms with Gasteiger partial charge in [0.1, 0.15) is 5.75 Å². The number of carbonyl (C=O) groups is 2. The van der Waals surface area contributed by atoms with Gasteiger partial charge in [-0.1, -0.05) is 48.5 Å². The van der Waals surface area contributed by atoms with Crippen molar-refractivity contribution in [3.8, 4) is 16.9 Å². The van der Waals surface area contributed by atoms with Crippen LogP contribution in [-0.4, -0.2) is 30.7 Å². The predicted octanol–water partition coefficient (Wildman–Crippen LogP) is 3.38. The zero-order valence-corrected chi connectivity index (χ0v) is 16.7. The van der Waals surface area contributed by atoms with E-state index in [1.807, 2.05) is 48.5 Å². The number of carbonyl (C=O) groups excluding carboxylic acids is 2. The zero-order valence-electron chi connectivity index (χ0n) is 16.7. The molecule has 0 aliphatic carbocycles. The third kappa shape index (κ3) is 5.68. The third-order valence-electron chi connectivity index (χ3n) is 4.77. The summed E-state index contributed by atoms with van der Waals surface area (Å²) in [6.07, 6.45) is 1.05. The fourth-order valence-corrected chi connectivity index (χ4v) is 3.13. The minimum atomic E-state index is -0.554. The normalized spacial score (nSPS) is 10.3. The molecule has 2 amide bonds. The Morgan fingerprint density at radius 2 is 1.63 bits per heavy atom. The van der Waals surface area contributed by atoms with Crippen LogP contribution in [0.4, 0.5) is 0 Å². The van der Waals surface area contributed by atoms with Crippen LogP contribution >= 0.6 is 0 Å². The largest absolute Gasteiger partial charge is 0.497 e. The van der Waals surface area contributed by atoms with Gasteiger partial charge in [-0.3, -0.25) is 14.8 Å². The van der Waals surface area contributed by atoms with E-state index in [0.29, 0.717) is 18.5 Å². The van der Waals surface area contributed by atoms with E-state index in [1.54, 1.807) is 36.9 Å². The van der Waals surface area contributed by atoms with E-state index >= 15 is 0 Å². The summed E-state index contributed by atoms with van der Waals surface area (Å²) in [6, 6.07) is 22.4. The molecule has 0 aliphatic heterocycles. The molecule has 3 rings (SSSR count). The van der Waals surface area contributed by atoms with E-state index in [0.717, 1.165) is 34.4 Å². The number of hydrogen-bond acceptors (Lipinski definition) is 4. The van der Waals surface area contributed by atoms with Crippen LogP contribution < -0.4 is 15.5 Å². The van der Waals surface area contributed by atoms with Crippen LogP contribution in [0.2, 0.25) is 0 Å². The first-order chi connectivity index (χ1) is 14.6. The lowest BCUT2D eigenvalue weighted by Crippen LogP contribution is -2.27. The highest BCUT2D eigenvalue weighted by Crippen LogP contribution is 2.21. The van der Waals surface area contributed by atoms with E-state index < -0.39 is 5.91 Å². The Bertz CT molecular complexity index is 998. The van der Waals surface area contributed by atoms with Crippen molar-refractivity contribution in [1.82, 2.24) is 10.8 Å². The molecule has 0 bridgehead atoms. The minimum Gasteiger partial charge on any atom is -0.497 e. The Labute approximate surface area is 175 Å². The smallest absolute Gasteiger partial charge is 0.274 e. The van der Waals surface area contributed by atoms with Crippen LogP contribution in [0.3, 0.4) is 0 Å². The molecule has 0 fully saturated rings. The molecule has 0 spiro atoms. The van der Waals surface area contributed by atoms with Gasteiger partial charge >= 0.3 is 0 Å². The Balaban J connectivity index is 1.55. The molecular weight excluding hydrogens is 380 g/mol. The molecule has 0 atom stereocenters. The maximum Gasteiger partial charge on any atom is 0.274 e. The van der Waals surface area contributed by atoms with Gasteiger partial charge in [-0.15, -0.1) is 0 Å². The molecule has 3 aromatic carbocycles. The number of rotatable bonds is 8. The van der Waals surface area contributed by atoms with Crippen LogP contribution in [-0.2, 0) is 17.6 Å². The summed E-state index contributed by atoms with van der Waals surface area (Å²) in [5.41, 5.74) is 5.90. The maximum absolute atomic E-state index is 12.3. The van der Waals surface area contributed by atoms with E-state index in [-0.39, 0.29) is 5.91 Å². The second-order valence-electron chi connectivity index (χ2n) is 6.84. The number of nitrogens with one attached hydrogen (secondary N) is 2. The van der Waals surface area contributed by atoms with E-state index in [2.05, 4.69) is 5.32 Å². The lowest BCUT2D eigenvalue weighted by Gasteiger charge is -2.08. The summed E-state index contributed by atoms with van der Waals surface area (Å²) in [7, 11) is 1.63. The number of hydrogen-bond donors (Lipinski definition) is 3. The van der Waals surface area contributed by atoms with E-state index in [9.17, 15) is 9.59 Å². The van der Waals surface area contributed by atoms with Gasteiger partial charge in [-0.05, 0) is 52.9 Å². The van der Waals surface area contributed by atoms with Crippen molar-refractivity contribution < 1.29 is 19.5 Å². The van der Waals surface area contributed by atoms with Crippen molar-refractivity contribution in [2.45, 2.75) is 12.8 Å². The second-order valence-corrected chi connectivity index (χ2v) is 6.84. The Morgan fingerprint density at radius 3 is 2.30 bits per heavy atom. The standard InChI is InChI=1S/C24H24N2O4/c1-30-22-11-5-17(6-12-22)13-14-25-23(27)16-18-3-2-4-21(15-18)19-7-9-20(10-8-19)24(28)26-29/h2-12,15,29H,13-14,16H2,1H3,(H,25,27)(H,26,28). The van der Waals surface area contributed by atoms with Crippen LogP contribution in [0.1, 0.15) is 21.5 Å². The highest BCUT2D eigenvalue weighted by atomic mass is 16.5. The molecule has 0 saturated heterocycles. The van der Waals surface area contributed by atoms with Gasteiger partial charge in [-0.2, -0.15) is 0 Å². The summed E-state index contributed by atoms with van der Waals surface area (Å²) in [5, 5.41) is 11.7. The average Bonchev–Trinajstić information content (AvgIpc) is 2.79. The molecule has 6 nitrogen and oxygen atoms in total. The van der Waals surface area contributed by atoms with Crippen LogP contribution in [0.5, 0.6) is 5.75 Å². The number of methoxy groups -OCH3 is 1. The van der Waals surface area contributed by atoms with Gasteiger partial charge in [-0.25, -0.2) is 5.48 Å². The summed E-state index contributed by atoms with van der Waals surface area (Å²) < 4.78 is 5.14. The first kappa shape index (κ1) is 21.1. The molecule has 0 saturated carbocycles. The lowest BCUT2D eigenvalue weighted by molar-refractivity contribution is -0.120. The molecule has 0 heterocycles. The quantitative estimate of drug-likeness (QED) is 0.397. The van der Waals surface area contributed by atoms with Crippen molar-refractivity contribution in [3.63, 3.8) is 0 Å². The number of amides is 2. The van der Waals surface area contributed by atoms with Crippen molar-refractivity contribution >= 4 is 11.8 Å². The van der Waals surface area contributed by atoms with Crippen molar-refractivity contribution in [2.24, 2.45) is 0 Å². The molecule has 0 aromatic heterocycles. The predicted molar refractivity (Wildman–Crippen MR) is 115 cm³/mol. The van der Waals surface area contributed by atoms with Crippen LogP contribution in [0, 0.1) is 0 Å². The van der Waals surface area contributed by atoms with Gasteiger partial charge in [0.2, 0.25) is 5.91 Å². The van der Waals surface area contributed by atoms with Gasteiger partial charge in [0, 0.05) is 12.1 Å². The van der Waals surface area contributed by atoms with Crippen molar-refractivity contribution in [2.75, 3.05) is 13.7 Å². The molecule has 0 aliphatic rings. The van der Waals surface area contributed by atoms with Crippen molar-refractivity contribution in [3.05, 3.63) is 89.5 Å². The molecule has 154 valence electrons. The SMILES string of the molecule is COc1ccc(CCNC(=O)Cc2cccc(-c3ccc(C(=O)NO)cc3)c2)cc1. The third-order valence-corrected chi connectivity index (χ3v) is 4.77. The van der Waals surface area contributed by atoms with Gasteiger partial charge in [0.15, 0.2) is 0 Å². The maximum atomic E-state index is 12.3. The first-order valence-corrected chi connectivity index (χ1v) is 9.62. The van der Waals surface area contributed by atoms with Gasteiger partial charge in [0.05, 0.1) is 13.5 Å². The number of benzene rings is 3. The lowest BCUT2D eigenvalue weighted by atomic mass is 10.0. The van der Waals surface area contributed by atoms with Crippen LogP contribution in [0.25, 0.3) is 11.1 Å². The zero-order chi connectivity index (χ0) is 21.3. The molecule has 3 N–H and O–H groups in total. The highest BCUT2D eigenvalue weighted by Gasteiger charge is 2.07. The van der Waals surface area contributed by atoms with Crippen LogP contribution in [0.15, 0.2) is 72.8 Å². The van der Waals surface area contributed by atoms with E-state index in [1.165, 1.54) is 0 Å². The Kier molecular flexibility index (Phi) is 7.19. The fourth-order valence-electron chi connectivity index (χ4n) is 3.13. The molecule has 3 aromatic rings. The van der Waals surface area contributed by atoms with Gasteiger partial charge < -0.3 is 10.1 Å². The molecule has 0 radical (unpaired) electrons. The minimum absolute atomic E-state index is 0.0318. The first-order valence-electron chi connectivity index (χ1n) is 9.62. The summed E-state index contributed by atoms with van der Waals surface area (Å²) in [5.74, 6) is 0.228. The average molecular weight is 404 g/mol. The Morgan fingerprint density at radius 1 is 0.900 bits per heavy atom. The second kappa shape index (κ2) is 10.2. The van der Waals surface area contributed by atoms with Crippen molar-refractivity contribution in [1.29, 1.82) is 0 Å². The molecule has 0 unspecified atom stereocenters.